The minimum atomic E-state index is 0.157. The van der Waals surface area contributed by atoms with E-state index in [-0.39, 0.29) is 6.10 Å². The molecule has 3 nitrogen and oxygen atoms in total. The standard InChI is InChI=1S/C16H31NO2/c1-5-18-13(11-17)7-9-19-14-10-12-6-8-16(14,4)15(12,2)3/h12-14H,5-11,17H2,1-4H3. The monoisotopic (exact) mass is 269 g/mol. The molecular weight excluding hydrogens is 238 g/mol. The first-order chi connectivity index (χ1) is 8.95. The number of hydrogen-bond donors (Lipinski definition) is 1. The predicted octanol–water partition coefficient (Wildman–Crippen LogP) is 2.97. The van der Waals surface area contributed by atoms with Crippen LogP contribution in [0.15, 0.2) is 0 Å². The van der Waals surface area contributed by atoms with Crippen LogP contribution < -0.4 is 5.73 Å². The van der Waals surface area contributed by atoms with Gasteiger partial charge in [0.1, 0.15) is 0 Å². The fourth-order valence-corrected chi connectivity index (χ4v) is 4.23. The Morgan fingerprint density at radius 2 is 2.05 bits per heavy atom. The summed E-state index contributed by atoms with van der Waals surface area (Å²) in [6.07, 6.45) is 5.45. The van der Waals surface area contributed by atoms with E-state index in [4.69, 9.17) is 15.2 Å². The molecule has 0 radical (unpaired) electrons. The van der Waals surface area contributed by atoms with Crippen LogP contribution in [-0.2, 0) is 9.47 Å². The first-order valence-corrected chi connectivity index (χ1v) is 7.89. The van der Waals surface area contributed by atoms with Crippen LogP contribution in [-0.4, -0.2) is 32.0 Å². The maximum Gasteiger partial charge on any atom is 0.0719 e. The molecule has 0 aromatic rings. The molecule has 2 rings (SSSR count). The highest BCUT2D eigenvalue weighted by Gasteiger charge is 2.61. The van der Waals surface area contributed by atoms with Gasteiger partial charge < -0.3 is 15.2 Å². The zero-order valence-electron chi connectivity index (χ0n) is 13.1. The van der Waals surface area contributed by atoms with Gasteiger partial charge in [-0.3, -0.25) is 0 Å². The SMILES string of the molecule is CCOC(CN)CCOC1CC2CCC1(C)C2(C)C. The van der Waals surface area contributed by atoms with Crippen molar-refractivity contribution in [2.45, 2.75) is 65.6 Å². The largest absolute Gasteiger partial charge is 0.378 e. The van der Waals surface area contributed by atoms with Crippen molar-refractivity contribution in [2.24, 2.45) is 22.5 Å². The van der Waals surface area contributed by atoms with E-state index in [0.29, 0.717) is 23.5 Å². The van der Waals surface area contributed by atoms with Gasteiger partial charge >= 0.3 is 0 Å². The van der Waals surface area contributed by atoms with Gasteiger partial charge in [0, 0.05) is 19.8 Å². The van der Waals surface area contributed by atoms with Crippen LogP contribution in [0.25, 0.3) is 0 Å². The lowest BCUT2D eigenvalue weighted by Gasteiger charge is -2.39. The van der Waals surface area contributed by atoms with Gasteiger partial charge in [0.25, 0.3) is 0 Å². The minimum Gasteiger partial charge on any atom is -0.378 e. The van der Waals surface area contributed by atoms with Crippen LogP contribution in [0, 0.1) is 16.7 Å². The molecule has 2 bridgehead atoms. The first-order valence-electron chi connectivity index (χ1n) is 7.89. The molecule has 0 spiro atoms. The van der Waals surface area contributed by atoms with Crippen molar-refractivity contribution in [3.63, 3.8) is 0 Å². The summed E-state index contributed by atoms with van der Waals surface area (Å²) in [6.45, 7) is 11.4. The Bertz CT molecular complexity index is 305. The molecule has 3 heteroatoms. The topological polar surface area (TPSA) is 44.5 Å². The molecule has 2 fully saturated rings. The van der Waals surface area contributed by atoms with Crippen LogP contribution in [0.4, 0.5) is 0 Å². The Kier molecular flexibility index (Phi) is 4.59. The van der Waals surface area contributed by atoms with E-state index in [9.17, 15) is 0 Å². The number of fused-ring (bicyclic) bond motifs is 2. The second-order valence-electron chi connectivity index (χ2n) is 7.07. The summed E-state index contributed by atoms with van der Waals surface area (Å²) in [5.74, 6) is 0.847. The normalized spacial score (nSPS) is 37.7. The van der Waals surface area contributed by atoms with Crippen molar-refractivity contribution in [1.82, 2.24) is 0 Å². The highest BCUT2D eigenvalue weighted by molar-refractivity contribution is 5.11. The maximum atomic E-state index is 6.22. The van der Waals surface area contributed by atoms with Gasteiger partial charge in [0.2, 0.25) is 0 Å². The Morgan fingerprint density at radius 1 is 1.32 bits per heavy atom. The third kappa shape index (κ3) is 2.57. The number of hydrogen-bond acceptors (Lipinski definition) is 3. The average molecular weight is 269 g/mol. The minimum absolute atomic E-state index is 0.157. The van der Waals surface area contributed by atoms with Crippen LogP contribution in [0.3, 0.4) is 0 Å². The highest BCUT2D eigenvalue weighted by Crippen LogP contribution is 2.66. The van der Waals surface area contributed by atoms with Gasteiger partial charge in [-0.2, -0.15) is 0 Å². The van der Waals surface area contributed by atoms with Crippen LogP contribution in [0.1, 0.15) is 53.4 Å². The smallest absolute Gasteiger partial charge is 0.0719 e. The molecule has 0 saturated heterocycles. The summed E-state index contributed by atoms with van der Waals surface area (Å²) in [7, 11) is 0. The molecule has 0 heterocycles. The lowest BCUT2D eigenvalue weighted by atomic mass is 9.70. The summed E-state index contributed by atoms with van der Waals surface area (Å²) >= 11 is 0. The molecule has 2 aliphatic rings. The molecule has 0 amide bonds. The second-order valence-corrected chi connectivity index (χ2v) is 7.07. The van der Waals surface area contributed by atoms with Crippen LogP contribution in [0.2, 0.25) is 0 Å². The van der Waals surface area contributed by atoms with E-state index in [1.54, 1.807) is 0 Å². The average Bonchev–Trinajstić information content (AvgIpc) is 2.70. The zero-order chi connectivity index (χ0) is 14.1. The number of rotatable bonds is 7. The molecule has 0 aromatic heterocycles. The van der Waals surface area contributed by atoms with E-state index in [2.05, 4.69) is 20.8 Å². The molecule has 4 atom stereocenters. The molecule has 2 saturated carbocycles. The molecule has 4 unspecified atom stereocenters. The maximum absolute atomic E-state index is 6.22. The van der Waals surface area contributed by atoms with Gasteiger partial charge in [0.15, 0.2) is 0 Å². The van der Waals surface area contributed by atoms with E-state index in [0.717, 1.165) is 25.6 Å². The van der Waals surface area contributed by atoms with Crippen molar-refractivity contribution in [1.29, 1.82) is 0 Å². The van der Waals surface area contributed by atoms with Crippen molar-refractivity contribution >= 4 is 0 Å². The van der Waals surface area contributed by atoms with Gasteiger partial charge in [0.05, 0.1) is 12.2 Å². The van der Waals surface area contributed by atoms with Crippen molar-refractivity contribution in [2.75, 3.05) is 19.8 Å². The summed E-state index contributed by atoms with van der Waals surface area (Å²) in [4.78, 5) is 0. The third-order valence-corrected chi connectivity index (χ3v) is 6.14. The summed E-state index contributed by atoms with van der Waals surface area (Å²) in [5, 5.41) is 0. The van der Waals surface area contributed by atoms with Gasteiger partial charge in [-0.05, 0) is 49.4 Å². The van der Waals surface area contributed by atoms with Crippen molar-refractivity contribution < 1.29 is 9.47 Å². The second kappa shape index (κ2) is 5.71. The lowest BCUT2D eigenvalue weighted by molar-refractivity contribution is -0.0593. The highest BCUT2D eigenvalue weighted by atomic mass is 16.5. The van der Waals surface area contributed by atoms with Crippen LogP contribution in [0.5, 0.6) is 0 Å². The summed E-state index contributed by atoms with van der Waals surface area (Å²) < 4.78 is 11.8. The molecule has 2 N–H and O–H groups in total. The van der Waals surface area contributed by atoms with E-state index in [1.165, 1.54) is 19.3 Å². The first kappa shape index (κ1) is 15.3. The van der Waals surface area contributed by atoms with Gasteiger partial charge in [-0.25, -0.2) is 0 Å². The van der Waals surface area contributed by atoms with Gasteiger partial charge in [-0.1, -0.05) is 20.8 Å². The summed E-state index contributed by atoms with van der Waals surface area (Å²) in [6, 6.07) is 0. The fraction of sp³-hybridized carbons (Fsp3) is 1.00. The Hall–Kier alpha value is -0.120. The third-order valence-electron chi connectivity index (χ3n) is 6.14. The quantitative estimate of drug-likeness (QED) is 0.773. The molecule has 0 aliphatic heterocycles. The Balaban J connectivity index is 1.82. The van der Waals surface area contributed by atoms with Crippen molar-refractivity contribution in [3.05, 3.63) is 0 Å². The Morgan fingerprint density at radius 3 is 2.53 bits per heavy atom. The fourth-order valence-electron chi connectivity index (χ4n) is 4.23. The molecule has 112 valence electrons. The van der Waals surface area contributed by atoms with Crippen molar-refractivity contribution in [3.8, 4) is 0 Å². The molecule has 2 aliphatic carbocycles. The van der Waals surface area contributed by atoms with E-state index in [1.807, 2.05) is 6.92 Å². The van der Waals surface area contributed by atoms with Crippen LogP contribution >= 0.6 is 0 Å². The summed E-state index contributed by atoms with van der Waals surface area (Å²) in [5.41, 5.74) is 6.50. The molecule has 19 heavy (non-hydrogen) atoms. The molecular formula is C16H31NO2. The number of nitrogens with two attached hydrogens (primary N) is 1. The van der Waals surface area contributed by atoms with Gasteiger partial charge in [-0.15, -0.1) is 0 Å². The number of ether oxygens (including phenoxy) is 2. The predicted molar refractivity (Wildman–Crippen MR) is 78.1 cm³/mol. The van der Waals surface area contributed by atoms with E-state index >= 15 is 0 Å². The zero-order valence-corrected chi connectivity index (χ0v) is 13.1. The lowest BCUT2D eigenvalue weighted by Crippen LogP contribution is -2.38. The molecule has 0 aromatic carbocycles. The Labute approximate surface area is 118 Å². The van der Waals surface area contributed by atoms with E-state index < -0.39 is 0 Å².